The summed E-state index contributed by atoms with van der Waals surface area (Å²) < 4.78 is 25.0. The van der Waals surface area contributed by atoms with Crippen molar-refractivity contribution in [2.45, 2.75) is 44.6 Å². The number of benzene rings is 2. The van der Waals surface area contributed by atoms with Crippen LogP contribution in [0.15, 0.2) is 53.5 Å². The minimum atomic E-state index is -0.0839. The van der Waals surface area contributed by atoms with Gasteiger partial charge in [-0.3, -0.25) is 14.3 Å². The monoisotopic (exact) mass is 518 g/mol. The van der Waals surface area contributed by atoms with Crippen LogP contribution >= 0.6 is 0 Å². The van der Waals surface area contributed by atoms with E-state index in [1.807, 2.05) is 42.5 Å². The third-order valence-corrected chi connectivity index (χ3v) is 8.48. The van der Waals surface area contributed by atoms with Gasteiger partial charge in [-0.1, -0.05) is 12.8 Å². The molecule has 0 spiro atoms. The molecule has 6 rings (SSSR count). The predicted octanol–water partition coefficient (Wildman–Crippen LogP) is 5.06. The summed E-state index contributed by atoms with van der Waals surface area (Å²) in [6.07, 6.45) is 9.63. The molecule has 2 aliphatic heterocycles. The van der Waals surface area contributed by atoms with E-state index < -0.39 is 0 Å². The van der Waals surface area contributed by atoms with Gasteiger partial charge in [0, 0.05) is 43.9 Å². The summed E-state index contributed by atoms with van der Waals surface area (Å²) in [6, 6.07) is 13.2. The number of hydrogen-bond donors (Lipinski definition) is 0. The summed E-state index contributed by atoms with van der Waals surface area (Å²) in [4.78, 5) is 15.9. The zero-order valence-corrected chi connectivity index (χ0v) is 22.3. The molecule has 1 aromatic heterocycles. The van der Waals surface area contributed by atoms with E-state index in [-0.39, 0.29) is 11.7 Å². The Morgan fingerprint density at radius 2 is 1.76 bits per heavy atom. The molecule has 38 heavy (non-hydrogen) atoms. The molecule has 2 aromatic carbocycles. The lowest BCUT2D eigenvalue weighted by Crippen LogP contribution is -2.26. The molecule has 0 radical (unpaired) electrons. The Bertz CT molecular complexity index is 1300. The van der Waals surface area contributed by atoms with Crippen LogP contribution in [0.4, 0.5) is 0 Å². The average molecular weight is 519 g/mol. The van der Waals surface area contributed by atoms with Gasteiger partial charge < -0.3 is 18.9 Å². The Morgan fingerprint density at radius 1 is 0.921 bits per heavy atom. The van der Waals surface area contributed by atoms with Gasteiger partial charge >= 0.3 is 0 Å². The molecular formula is C31H38N2O5. The lowest BCUT2D eigenvalue weighted by molar-refractivity contribution is 0.0680. The van der Waals surface area contributed by atoms with Crippen molar-refractivity contribution in [1.29, 1.82) is 0 Å². The number of methoxy groups -OCH3 is 1. The van der Waals surface area contributed by atoms with Crippen molar-refractivity contribution in [1.82, 2.24) is 9.47 Å². The average Bonchev–Trinajstić information content (AvgIpc) is 3.62. The van der Waals surface area contributed by atoms with Crippen LogP contribution in [-0.4, -0.2) is 62.1 Å². The van der Waals surface area contributed by atoms with Crippen LogP contribution in [0.1, 0.15) is 38.5 Å². The van der Waals surface area contributed by atoms with E-state index in [1.165, 1.54) is 38.8 Å². The summed E-state index contributed by atoms with van der Waals surface area (Å²) in [7, 11) is 1.64. The number of fused-ring (bicyclic) bond motifs is 2. The quantitative estimate of drug-likeness (QED) is 0.395. The Kier molecular flexibility index (Phi) is 7.56. The van der Waals surface area contributed by atoms with Gasteiger partial charge in [0.2, 0.25) is 0 Å². The Morgan fingerprint density at radius 3 is 2.53 bits per heavy atom. The van der Waals surface area contributed by atoms with Crippen molar-refractivity contribution >= 4 is 10.8 Å². The Hall–Kier alpha value is -3.03. The molecule has 0 amide bonds. The van der Waals surface area contributed by atoms with Crippen LogP contribution in [0.3, 0.4) is 0 Å². The summed E-state index contributed by atoms with van der Waals surface area (Å²) >= 11 is 0. The highest BCUT2D eigenvalue weighted by molar-refractivity contribution is 5.83. The molecule has 7 heteroatoms. The highest BCUT2D eigenvalue weighted by Gasteiger charge is 2.33. The fourth-order valence-corrected chi connectivity index (χ4v) is 6.38. The fourth-order valence-electron chi connectivity index (χ4n) is 6.38. The summed E-state index contributed by atoms with van der Waals surface area (Å²) in [5, 5.41) is 1.49. The zero-order chi connectivity index (χ0) is 25.9. The molecule has 1 aliphatic carbocycles. The van der Waals surface area contributed by atoms with Gasteiger partial charge in [-0.2, -0.15) is 0 Å². The minimum absolute atomic E-state index is 0.0839. The lowest BCUT2D eigenvalue weighted by atomic mass is 9.82. The standard InChI is InChI=1S/C31H38N2O5/c1-35-30-18-25(8-11-29(30)37-16-14-32-19-23-5-2-3-6-24(23)20-32)33-13-12-22-17-26(9-10-28(22)31(33)34)38-21-27-7-4-15-36-27/h8-13,17-18,23-24,27H,2-7,14-16,19-21H2,1H3/t23?,24?,27-/m0/s1. The second kappa shape index (κ2) is 11.4. The molecule has 2 unspecified atom stereocenters. The largest absolute Gasteiger partial charge is 0.493 e. The second-order valence-electron chi connectivity index (χ2n) is 10.9. The van der Waals surface area contributed by atoms with Gasteiger partial charge in [0.15, 0.2) is 11.5 Å². The first-order valence-electron chi connectivity index (χ1n) is 14.1. The van der Waals surface area contributed by atoms with Crippen molar-refractivity contribution in [2.75, 3.05) is 46.6 Å². The first kappa shape index (κ1) is 25.3. The van der Waals surface area contributed by atoms with Gasteiger partial charge in [-0.15, -0.1) is 0 Å². The lowest BCUT2D eigenvalue weighted by Gasteiger charge is -2.23. The number of ether oxygens (including phenoxy) is 4. The Balaban J connectivity index is 1.12. The topological polar surface area (TPSA) is 62.2 Å². The normalized spacial score (nSPS) is 23.4. The molecule has 0 bridgehead atoms. The Labute approximate surface area is 224 Å². The number of likely N-dealkylation sites (tertiary alicyclic amines) is 1. The predicted molar refractivity (Wildman–Crippen MR) is 148 cm³/mol. The highest BCUT2D eigenvalue weighted by Crippen LogP contribution is 2.36. The molecule has 3 aliphatic rings. The van der Waals surface area contributed by atoms with Gasteiger partial charge in [0.05, 0.1) is 18.9 Å². The molecule has 1 saturated carbocycles. The third kappa shape index (κ3) is 5.40. The van der Waals surface area contributed by atoms with Crippen molar-refractivity contribution < 1.29 is 18.9 Å². The van der Waals surface area contributed by atoms with Crippen LogP contribution < -0.4 is 19.8 Å². The summed E-state index contributed by atoms with van der Waals surface area (Å²) in [6.45, 7) is 5.32. The van der Waals surface area contributed by atoms with Gasteiger partial charge in [0.1, 0.15) is 19.0 Å². The van der Waals surface area contributed by atoms with E-state index in [0.29, 0.717) is 30.1 Å². The molecule has 3 fully saturated rings. The van der Waals surface area contributed by atoms with Crippen LogP contribution in [0, 0.1) is 11.8 Å². The smallest absolute Gasteiger partial charge is 0.262 e. The van der Waals surface area contributed by atoms with E-state index in [4.69, 9.17) is 18.9 Å². The van der Waals surface area contributed by atoms with Crippen LogP contribution in [0.5, 0.6) is 17.2 Å². The first-order chi connectivity index (χ1) is 18.7. The van der Waals surface area contributed by atoms with Crippen LogP contribution in [-0.2, 0) is 4.74 Å². The van der Waals surface area contributed by atoms with Crippen molar-refractivity contribution in [3.63, 3.8) is 0 Å². The molecule has 3 aromatic rings. The maximum Gasteiger partial charge on any atom is 0.262 e. The van der Waals surface area contributed by atoms with E-state index >= 15 is 0 Å². The first-order valence-corrected chi connectivity index (χ1v) is 14.1. The molecule has 202 valence electrons. The highest BCUT2D eigenvalue weighted by atomic mass is 16.5. The zero-order valence-electron chi connectivity index (χ0n) is 22.3. The van der Waals surface area contributed by atoms with E-state index in [9.17, 15) is 4.79 Å². The maximum atomic E-state index is 13.3. The minimum Gasteiger partial charge on any atom is -0.493 e. The number of rotatable bonds is 9. The molecular weight excluding hydrogens is 480 g/mol. The van der Waals surface area contributed by atoms with E-state index in [2.05, 4.69) is 4.90 Å². The number of aromatic nitrogens is 1. The van der Waals surface area contributed by atoms with Gasteiger partial charge in [-0.05, 0) is 79.3 Å². The fraction of sp³-hybridized carbons (Fsp3) is 0.516. The molecule has 7 nitrogen and oxygen atoms in total. The SMILES string of the molecule is COc1cc(-n2ccc3cc(OC[C@@H]4CCCO4)ccc3c2=O)ccc1OCCN1CC2CCCCC2C1. The van der Waals surface area contributed by atoms with Crippen molar-refractivity contribution in [3.05, 3.63) is 59.0 Å². The third-order valence-electron chi connectivity index (χ3n) is 8.48. The molecule has 0 N–H and O–H groups in total. The van der Waals surface area contributed by atoms with Gasteiger partial charge in [0.25, 0.3) is 5.56 Å². The second-order valence-corrected chi connectivity index (χ2v) is 10.9. The molecule has 3 heterocycles. The molecule has 3 atom stereocenters. The molecule has 2 saturated heterocycles. The number of nitrogens with zero attached hydrogens (tertiary/aromatic N) is 2. The summed E-state index contributed by atoms with van der Waals surface area (Å²) in [5.41, 5.74) is 0.655. The van der Waals surface area contributed by atoms with Crippen molar-refractivity contribution in [2.24, 2.45) is 11.8 Å². The van der Waals surface area contributed by atoms with E-state index in [1.54, 1.807) is 17.9 Å². The number of hydrogen-bond acceptors (Lipinski definition) is 6. The van der Waals surface area contributed by atoms with E-state index in [0.717, 1.165) is 54.7 Å². The van der Waals surface area contributed by atoms with Crippen LogP contribution in [0.2, 0.25) is 0 Å². The maximum absolute atomic E-state index is 13.3. The van der Waals surface area contributed by atoms with Gasteiger partial charge in [-0.25, -0.2) is 0 Å². The van der Waals surface area contributed by atoms with Crippen molar-refractivity contribution in [3.8, 4) is 22.9 Å². The summed E-state index contributed by atoms with van der Waals surface area (Å²) in [5.74, 6) is 3.84. The van der Waals surface area contributed by atoms with Crippen LogP contribution in [0.25, 0.3) is 16.5 Å². The number of pyridine rings is 1.